The van der Waals surface area contributed by atoms with Crippen LogP contribution in [0.4, 0.5) is 0 Å². The van der Waals surface area contributed by atoms with Crippen LogP contribution in [0.2, 0.25) is 0 Å². The van der Waals surface area contributed by atoms with Gasteiger partial charge in [0.05, 0.1) is 12.6 Å². The molecule has 0 heterocycles. The standard InChI is InChI=1S/C17H24N2O2/c1-19(13-15-10-16(20)11-15)8-9-21-17-6-2-4-14(12-17)5-3-7-18/h2,4,6,12,15-16,20H,7-11,13,18H2,1H3. The average molecular weight is 288 g/mol. The zero-order valence-electron chi connectivity index (χ0n) is 12.6. The SMILES string of the molecule is CN(CCOc1cccc(C#CCN)c1)CC1CC(O)C1. The zero-order chi connectivity index (χ0) is 15.1. The van der Waals surface area contributed by atoms with Gasteiger partial charge < -0.3 is 20.5 Å². The van der Waals surface area contributed by atoms with Gasteiger partial charge in [0.1, 0.15) is 12.4 Å². The van der Waals surface area contributed by atoms with Gasteiger partial charge in [0, 0.05) is 18.7 Å². The molecule has 0 unspecified atom stereocenters. The van der Waals surface area contributed by atoms with Crippen molar-refractivity contribution in [3.05, 3.63) is 29.8 Å². The van der Waals surface area contributed by atoms with Gasteiger partial charge in [0.15, 0.2) is 0 Å². The fourth-order valence-corrected chi connectivity index (χ4v) is 2.52. The molecular weight excluding hydrogens is 264 g/mol. The molecule has 2 rings (SSSR count). The lowest BCUT2D eigenvalue weighted by atomic mass is 9.82. The molecule has 0 radical (unpaired) electrons. The average Bonchev–Trinajstić information content (AvgIpc) is 2.44. The van der Waals surface area contributed by atoms with Crippen molar-refractivity contribution < 1.29 is 9.84 Å². The summed E-state index contributed by atoms with van der Waals surface area (Å²) < 4.78 is 5.76. The second-order valence-corrected chi connectivity index (χ2v) is 5.64. The van der Waals surface area contributed by atoms with Crippen LogP contribution in [0.1, 0.15) is 18.4 Å². The summed E-state index contributed by atoms with van der Waals surface area (Å²) in [6.07, 6.45) is 1.80. The van der Waals surface area contributed by atoms with Crippen molar-refractivity contribution in [1.82, 2.24) is 4.90 Å². The van der Waals surface area contributed by atoms with Crippen molar-refractivity contribution in [3.8, 4) is 17.6 Å². The first kappa shape index (κ1) is 15.8. The summed E-state index contributed by atoms with van der Waals surface area (Å²) >= 11 is 0. The molecule has 0 saturated heterocycles. The van der Waals surface area contributed by atoms with Crippen LogP contribution in [0.5, 0.6) is 5.75 Å². The third-order valence-corrected chi connectivity index (χ3v) is 3.69. The lowest BCUT2D eigenvalue weighted by molar-refractivity contribution is 0.0269. The van der Waals surface area contributed by atoms with E-state index < -0.39 is 0 Å². The molecule has 0 atom stereocenters. The van der Waals surface area contributed by atoms with Crippen LogP contribution in [0.15, 0.2) is 24.3 Å². The largest absolute Gasteiger partial charge is 0.492 e. The number of nitrogens with zero attached hydrogens (tertiary/aromatic N) is 1. The Bertz CT molecular complexity index is 501. The number of hydrogen-bond acceptors (Lipinski definition) is 4. The second-order valence-electron chi connectivity index (χ2n) is 5.64. The number of ether oxygens (including phenoxy) is 1. The molecule has 1 aliphatic rings. The summed E-state index contributed by atoms with van der Waals surface area (Å²) in [6.45, 7) is 2.93. The minimum atomic E-state index is -0.0722. The van der Waals surface area contributed by atoms with Gasteiger partial charge in [-0.1, -0.05) is 17.9 Å². The summed E-state index contributed by atoms with van der Waals surface area (Å²) in [5.41, 5.74) is 6.29. The summed E-state index contributed by atoms with van der Waals surface area (Å²) in [7, 11) is 2.09. The van der Waals surface area contributed by atoms with Crippen LogP contribution in [-0.4, -0.2) is 49.4 Å². The smallest absolute Gasteiger partial charge is 0.120 e. The highest BCUT2D eigenvalue weighted by molar-refractivity contribution is 5.39. The lowest BCUT2D eigenvalue weighted by Crippen LogP contribution is -2.38. The van der Waals surface area contributed by atoms with Crippen molar-refractivity contribution in [1.29, 1.82) is 0 Å². The van der Waals surface area contributed by atoms with E-state index in [0.717, 1.165) is 37.2 Å². The van der Waals surface area contributed by atoms with E-state index >= 15 is 0 Å². The highest BCUT2D eigenvalue weighted by Crippen LogP contribution is 2.27. The Kier molecular flexibility index (Phi) is 6.06. The molecule has 0 amide bonds. The van der Waals surface area contributed by atoms with E-state index in [1.165, 1.54) is 0 Å². The first-order valence-corrected chi connectivity index (χ1v) is 7.46. The Hall–Kier alpha value is -1.54. The molecule has 0 aromatic heterocycles. The van der Waals surface area contributed by atoms with E-state index in [1.54, 1.807) is 0 Å². The maximum Gasteiger partial charge on any atom is 0.120 e. The number of hydrogen-bond donors (Lipinski definition) is 2. The van der Waals surface area contributed by atoms with Gasteiger partial charge in [-0.25, -0.2) is 0 Å². The van der Waals surface area contributed by atoms with Crippen LogP contribution in [-0.2, 0) is 0 Å². The van der Waals surface area contributed by atoms with E-state index in [2.05, 4.69) is 23.8 Å². The number of likely N-dealkylation sites (N-methyl/N-ethyl adjacent to an activating group) is 1. The van der Waals surface area contributed by atoms with Crippen molar-refractivity contribution >= 4 is 0 Å². The van der Waals surface area contributed by atoms with Gasteiger partial charge in [-0.15, -0.1) is 0 Å². The Balaban J connectivity index is 1.70. The van der Waals surface area contributed by atoms with Crippen molar-refractivity contribution in [2.24, 2.45) is 11.7 Å². The Labute approximate surface area is 126 Å². The van der Waals surface area contributed by atoms with E-state index in [4.69, 9.17) is 10.5 Å². The maximum absolute atomic E-state index is 9.28. The highest BCUT2D eigenvalue weighted by atomic mass is 16.5. The van der Waals surface area contributed by atoms with Gasteiger partial charge in [-0.2, -0.15) is 0 Å². The van der Waals surface area contributed by atoms with Gasteiger partial charge >= 0.3 is 0 Å². The van der Waals surface area contributed by atoms with E-state index in [1.807, 2.05) is 24.3 Å². The third-order valence-electron chi connectivity index (χ3n) is 3.69. The molecule has 1 aromatic rings. The van der Waals surface area contributed by atoms with E-state index in [9.17, 15) is 5.11 Å². The lowest BCUT2D eigenvalue weighted by Gasteiger charge is -2.34. The number of benzene rings is 1. The van der Waals surface area contributed by atoms with E-state index in [0.29, 0.717) is 19.1 Å². The van der Waals surface area contributed by atoms with Crippen LogP contribution in [0, 0.1) is 17.8 Å². The number of aliphatic hydroxyl groups is 1. The Morgan fingerprint density at radius 1 is 1.43 bits per heavy atom. The quantitative estimate of drug-likeness (QED) is 0.769. The fourth-order valence-electron chi connectivity index (χ4n) is 2.52. The Morgan fingerprint density at radius 3 is 2.95 bits per heavy atom. The first-order valence-electron chi connectivity index (χ1n) is 7.46. The molecule has 21 heavy (non-hydrogen) atoms. The molecule has 0 aliphatic heterocycles. The summed E-state index contributed by atoms with van der Waals surface area (Å²) in [4.78, 5) is 2.26. The van der Waals surface area contributed by atoms with Crippen LogP contribution < -0.4 is 10.5 Å². The predicted octanol–water partition coefficient (Wildman–Crippen LogP) is 1.08. The topological polar surface area (TPSA) is 58.7 Å². The first-order chi connectivity index (χ1) is 10.2. The number of aliphatic hydroxyl groups excluding tert-OH is 1. The van der Waals surface area contributed by atoms with Gasteiger partial charge in [-0.05, 0) is 44.0 Å². The van der Waals surface area contributed by atoms with Crippen LogP contribution in [0.25, 0.3) is 0 Å². The second kappa shape index (κ2) is 8.04. The monoisotopic (exact) mass is 288 g/mol. The molecule has 1 aromatic carbocycles. The van der Waals surface area contributed by atoms with Crippen LogP contribution >= 0.6 is 0 Å². The molecule has 1 saturated carbocycles. The van der Waals surface area contributed by atoms with Gasteiger partial charge in [0.25, 0.3) is 0 Å². The molecular formula is C17H24N2O2. The zero-order valence-corrected chi connectivity index (χ0v) is 12.6. The molecule has 114 valence electrons. The third kappa shape index (κ3) is 5.39. The molecule has 3 N–H and O–H groups in total. The Morgan fingerprint density at radius 2 is 2.24 bits per heavy atom. The molecule has 4 heteroatoms. The highest BCUT2D eigenvalue weighted by Gasteiger charge is 2.27. The van der Waals surface area contributed by atoms with E-state index in [-0.39, 0.29) is 6.10 Å². The maximum atomic E-state index is 9.28. The summed E-state index contributed by atoms with van der Waals surface area (Å²) in [5.74, 6) is 7.32. The number of nitrogens with two attached hydrogens (primary N) is 1. The molecule has 1 fully saturated rings. The minimum Gasteiger partial charge on any atom is -0.492 e. The number of rotatable bonds is 6. The van der Waals surface area contributed by atoms with Crippen molar-refractivity contribution in [2.75, 3.05) is 33.3 Å². The molecule has 1 aliphatic carbocycles. The van der Waals surface area contributed by atoms with Crippen molar-refractivity contribution in [2.45, 2.75) is 18.9 Å². The predicted molar refractivity (Wildman–Crippen MR) is 84.1 cm³/mol. The minimum absolute atomic E-state index is 0.0722. The summed E-state index contributed by atoms with van der Waals surface area (Å²) in [6, 6.07) is 7.76. The molecule has 0 bridgehead atoms. The van der Waals surface area contributed by atoms with Gasteiger partial charge in [0.2, 0.25) is 0 Å². The fraction of sp³-hybridized carbons (Fsp3) is 0.529. The molecule has 4 nitrogen and oxygen atoms in total. The molecule has 0 spiro atoms. The normalized spacial score (nSPS) is 20.6. The van der Waals surface area contributed by atoms with Gasteiger partial charge in [-0.3, -0.25) is 0 Å². The summed E-state index contributed by atoms with van der Waals surface area (Å²) in [5, 5.41) is 9.28. The van der Waals surface area contributed by atoms with Crippen molar-refractivity contribution in [3.63, 3.8) is 0 Å². The van der Waals surface area contributed by atoms with Crippen LogP contribution in [0.3, 0.4) is 0 Å².